The van der Waals surface area contributed by atoms with Crippen LogP contribution in [0.1, 0.15) is 11.1 Å². The molecule has 2 aromatic carbocycles. The Labute approximate surface area is 133 Å². The van der Waals surface area contributed by atoms with Crippen LogP contribution in [-0.4, -0.2) is 13.1 Å². The summed E-state index contributed by atoms with van der Waals surface area (Å²) in [7, 11) is 0. The normalized spacial score (nSPS) is 10.4. The van der Waals surface area contributed by atoms with E-state index in [0.717, 1.165) is 25.4 Å². The van der Waals surface area contributed by atoms with Gasteiger partial charge in [-0.1, -0.05) is 43.5 Å². The van der Waals surface area contributed by atoms with Crippen molar-refractivity contribution >= 4 is 0 Å². The van der Waals surface area contributed by atoms with E-state index in [2.05, 4.69) is 37.4 Å². The number of nitrogens with one attached hydrogen (secondary N) is 1. The van der Waals surface area contributed by atoms with Crippen LogP contribution in [0.5, 0.6) is 5.75 Å². The van der Waals surface area contributed by atoms with Crippen molar-refractivity contribution in [1.82, 2.24) is 0 Å². The fraction of sp³-hybridized carbons (Fsp3) is 0.200. The fourth-order valence-corrected chi connectivity index (χ4v) is 2.37. The highest BCUT2D eigenvalue weighted by Gasteiger charge is 2.06. The van der Waals surface area contributed by atoms with Crippen LogP contribution in [0.25, 0.3) is 0 Å². The van der Waals surface area contributed by atoms with Gasteiger partial charge in [0.05, 0.1) is 13.1 Å². The molecule has 1 N–H and O–H groups in total. The van der Waals surface area contributed by atoms with E-state index in [-0.39, 0.29) is 0 Å². The van der Waals surface area contributed by atoms with E-state index in [1.54, 1.807) is 0 Å². The maximum Gasteiger partial charge on any atom is 0.119 e. The minimum Gasteiger partial charge on any atom is -0.489 e. The summed E-state index contributed by atoms with van der Waals surface area (Å²) in [6, 6.07) is 18.5. The average molecular weight is 294 g/mol. The van der Waals surface area contributed by atoms with Crippen molar-refractivity contribution in [1.29, 1.82) is 0 Å². The van der Waals surface area contributed by atoms with Crippen LogP contribution in [0, 0.1) is 0 Å². The van der Waals surface area contributed by atoms with E-state index >= 15 is 0 Å². The summed E-state index contributed by atoms with van der Waals surface area (Å²) in [6.07, 6.45) is 3.91. The molecule has 2 aromatic rings. The third-order valence-corrected chi connectivity index (χ3v) is 3.49. The van der Waals surface area contributed by atoms with Crippen molar-refractivity contribution in [3.05, 3.63) is 91.0 Å². The van der Waals surface area contributed by atoms with Crippen LogP contribution >= 0.6 is 0 Å². The minimum absolute atomic E-state index is 0.602. The van der Waals surface area contributed by atoms with Crippen LogP contribution in [0.3, 0.4) is 0 Å². The summed E-state index contributed by atoms with van der Waals surface area (Å²) in [5.41, 5.74) is 2.48. The second kappa shape index (κ2) is 8.85. The van der Waals surface area contributed by atoms with Crippen LogP contribution in [0.15, 0.2) is 79.9 Å². The summed E-state index contributed by atoms with van der Waals surface area (Å²) >= 11 is 0. The molecule has 0 bridgehead atoms. The third-order valence-electron chi connectivity index (χ3n) is 3.49. The van der Waals surface area contributed by atoms with Gasteiger partial charge in [-0.15, -0.1) is 0 Å². The van der Waals surface area contributed by atoms with Crippen molar-refractivity contribution in [3.63, 3.8) is 0 Å². The average Bonchev–Trinajstić information content (AvgIpc) is 2.56. The number of hydrogen-bond donors (Lipinski definition) is 1. The number of rotatable bonds is 9. The molecule has 2 nitrogen and oxygen atoms in total. The highest BCUT2D eigenvalue weighted by atomic mass is 16.5. The van der Waals surface area contributed by atoms with Crippen molar-refractivity contribution in [2.75, 3.05) is 13.1 Å². The Morgan fingerprint density at radius 2 is 1.45 bits per heavy atom. The summed E-state index contributed by atoms with van der Waals surface area (Å²) in [5, 5.41) is 0. The molecule has 0 amide bonds. The van der Waals surface area contributed by atoms with E-state index < -0.39 is 0 Å². The van der Waals surface area contributed by atoms with Crippen LogP contribution in [0.2, 0.25) is 0 Å². The van der Waals surface area contributed by atoms with Gasteiger partial charge in [-0.05, 0) is 42.0 Å². The first-order valence-corrected chi connectivity index (χ1v) is 7.63. The Morgan fingerprint density at radius 3 is 2.05 bits per heavy atom. The van der Waals surface area contributed by atoms with Gasteiger partial charge in [-0.2, -0.15) is 0 Å². The smallest absolute Gasteiger partial charge is 0.119 e. The molecule has 0 unspecified atom stereocenters. The van der Waals surface area contributed by atoms with E-state index in [1.165, 1.54) is 16.0 Å². The maximum absolute atomic E-state index is 5.81. The van der Waals surface area contributed by atoms with Gasteiger partial charge in [0.15, 0.2) is 0 Å². The number of ether oxygens (including phenoxy) is 1. The number of hydrogen-bond acceptors (Lipinski definition) is 1. The highest BCUT2D eigenvalue weighted by molar-refractivity contribution is 5.27. The molecular weight excluding hydrogens is 270 g/mol. The van der Waals surface area contributed by atoms with Gasteiger partial charge in [-0.3, -0.25) is 0 Å². The molecular formula is C20H24NO+. The predicted octanol–water partition coefficient (Wildman–Crippen LogP) is 3.02. The highest BCUT2D eigenvalue weighted by Crippen LogP contribution is 2.13. The molecule has 0 aliphatic heterocycles. The molecule has 2 heteroatoms. The lowest BCUT2D eigenvalue weighted by Gasteiger charge is -2.16. The lowest BCUT2D eigenvalue weighted by Crippen LogP contribution is -3.10. The Morgan fingerprint density at radius 1 is 0.818 bits per heavy atom. The molecule has 0 saturated heterocycles. The maximum atomic E-state index is 5.81. The lowest BCUT2D eigenvalue weighted by atomic mass is 10.2. The molecule has 0 atom stereocenters. The van der Waals surface area contributed by atoms with Crippen molar-refractivity contribution in [2.45, 2.75) is 13.2 Å². The summed E-state index contributed by atoms with van der Waals surface area (Å²) < 4.78 is 5.81. The molecule has 0 heterocycles. The second-order valence-corrected chi connectivity index (χ2v) is 5.33. The van der Waals surface area contributed by atoms with Gasteiger partial charge in [0.2, 0.25) is 0 Å². The molecule has 0 saturated carbocycles. The predicted molar refractivity (Wildman–Crippen MR) is 92.0 cm³/mol. The Hall–Kier alpha value is -2.32. The first-order valence-electron chi connectivity index (χ1n) is 7.63. The van der Waals surface area contributed by atoms with Crippen molar-refractivity contribution in [2.24, 2.45) is 0 Å². The molecule has 0 aromatic heterocycles. The SMILES string of the molecule is C=CC[NH+](CC=C)Cc1ccc(OCc2ccccc2)cc1. The van der Waals surface area contributed by atoms with E-state index in [0.29, 0.717) is 6.61 Å². The Kier molecular flexibility index (Phi) is 6.46. The Balaban J connectivity index is 1.89. The van der Waals surface area contributed by atoms with Crippen molar-refractivity contribution in [3.8, 4) is 5.75 Å². The number of quaternary nitrogens is 1. The summed E-state index contributed by atoms with van der Waals surface area (Å²) in [5.74, 6) is 0.904. The minimum atomic E-state index is 0.602. The molecule has 0 aliphatic rings. The topological polar surface area (TPSA) is 13.7 Å². The van der Waals surface area contributed by atoms with Gasteiger partial charge in [-0.25, -0.2) is 0 Å². The molecule has 0 radical (unpaired) electrons. The zero-order valence-corrected chi connectivity index (χ0v) is 13.0. The third kappa shape index (κ3) is 5.23. The standard InChI is InChI=1S/C20H23NO/c1-3-14-21(15-4-2)16-18-10-12-20(13-11-18)22-17-19-8-6-5-7-9-19/h3-13H,1-2,14-17H2/p+1. The van der Waals surface area contributed by atoms with E-state index in [9.17, 15) is 0 Å². The first-order chi connectivity index (χ1) is 10.8. The van der Waals surface area contributed by atoms with Crippen molar-refractivity contribution < 1.29 is 9.64 Å². The molecule has 0 fully saturated rings. The molecule has 0 spiro atoms. The quantitative estimate of drug-likeness (QED) is 0.702. The van der Waals surface area contributed by atoms with Crippen LogP contribution in [-0.2, 0) is 13.2 Å². The lowest BCUT2D eigenvalue weighted by molar-refractivity contribution is -0.902. The van der Waals surface area contributed by atoms with Gasteiger partial charge < -0.3 is 9.64 Å². The monoisotopic (exact) mass is 294 g/mol. The molecule has 22 heavy (non-hydrogen) atoms. The summed E-state index contributed by atoms with van der Waals surface area (Å²) in [4.78, 5) is 1.43. The molecule has 114 valence electrons. The number of benzene rings is 2. The van der Waals surface area contributed by atoms with Crippen LogP contribution < -0.4 is 9.64 Å². The van der Waals surface area contributed by atoms with Gasteiger partial charge in [0.1, 0.15) is 18.9 Å². The van der Waals surface area contributed by atoms with Crippen LogP contribution in [0.4, 0.5) is 0 Å². The zero-order valence-electron chi connectivity index (χ0n) is 13.0. The largest absolute Gasteiger partial charge is 0.489 e. The van der Waals surface area contributed by atoms with Gasteiger partial charge in [0.25, 0.3) is 0 Å². The second-order valence-electron chi connectivity index (χ2n) is 5.33. The summed E-state index contributed by atoms with van der Waals surface area (Å²) in [6.45, 7) is 11.1. The van der Waals surface area contributed by atoms with Gasteiger partial charge >= 0.3 is 0 Å². The van der Waals surface area contributed by atoms with E-state index in [4.69, 9.17) is 4.74 Å². The molecule has 0 aliphatic carbocycles. The zero-order chi connectivity index (χ0) is 15.6. The first kappa shape index (κ1) is 16.1. The van der Waals surface area contributed by atoms with E-state index in [1.807, 2.05) is 42.5 Å². The Bertz CT molecular complexity index is 564. The molecule has 2 rings (SSSR count). The fourth-order valence-electron chi connectivity index (χ4n) is 2.37. The van der Waals surface area contributed by atoms with Gasteiger partial charge in [0, 0.05) is 5.56 Å².